The third-order valence-corrected chi connectivity index (χ3v) is 2.38. The van der Waals surface area contributed by atoms with E-state index in [0.29, 0.717) is 6.61 Å². The maximum Gasteiger partial charge on any atom is 0.407 e. The SMILES string of the molecule is CCOC(=O)NC(C)(CO)c1ccccc1. The Morgan fingerprint density at radius 2 is 2.06 bits per heavy atom. The Labute approximate surface area is 95.2 Å². The van der Waals surface area contributed by atoms with Crippen molar-refractivity contribution in [3.63, 3.8) is 0 Å². The highest BCUT2D eigenvalue weighted by Crippen LogP contribution is 2.19. The summed E-state index contributed by atoms with van der Waals surface area (Å²) in [4.78, 5) is 11.3. The lowest BCUT2D eigenvalue weighted by Gasteiger charge is -2.28. The third kappa shape index (κ3) is 2.97. The van der Waals surface area contributed by atoms with Crippen molar-refractivity contribution in [1.82, 2.24) is 5.32 Å². The first-order chi connectivity index (χ1) is 7.62. The predicted molar refractivity (Wildman–Crippen MR) is 61.0 cm³/mol. The van der Waals surface area contributed by atoms with Crippen LogP contribution in [0.15, 0.2) is 30.3 Å². The van der Waals surface area contributed by atoms with Crippen LogP contribution in [-0.2, 0) is 10.3 Å². The molecule has 0 saturated carbocycles. The number of amides is 1. The summed E-state index contributed by atoms with van der Waals surface area (Å²) in [6.45, 7) is 3.61. The van der Waals surface area contributed by atoms with Crippen LogP contribution in [0.25, 0.3) is 0 Å². The normalized spacial score (nSPS) is 13.9. The van der Waals surface area contributed by atoms with Crippen LogP contribution in [0.3, 0.4) is 0 Å². The van der Waals surface area contributed by atoms with Gasteiger partial charge in [-0.25, -0.2) is 4.79 Å². The second-order valence-corrected chi connectivity index (χ2v) is 3.70. The molecule has 1 atom stereocenters. The molecule has 16 heavy (non-hydrogen) atoms. The first-order valence-corrected chi connectivity index (χ1v) is 5.23. The Morgan fingerprint density at radius 3 is 2.56 bits per heavy atom. The molecule has 1 amide bonds. The maximum absolute atomic E-state index is 11.3. The van der Waals surface area contributed by atoms with Crippen LogP contribution in [0.4, 0.5) is 4.79 Å². The number of benzene rings is 1. The van der Waals surface area contributed by atoms with Crippen molar-refractivity contribution < 1.29 is 14.6 Å². The number of nitrogens with one attached hydrogen (secondary N) is 1. The number of carbonyl (C=O) groups excluding carboxylic acids is 1. The zero-order chi connectivity index (χ0) is 12.0. The number of alkyl carbamates (subject to hydrolysis) is 1. The summed E-state index contributed by atoms with van der Waals surface area (Å²) in [6, 6.07) is 9.29. The van der Waals surface area contributed by atoms with Crippen molar-refractivity contribution >= 4 is 6.09 Å². The highest BCUT2D eigenvalue weighted by molar-refractivity contribution is 5.68. The second kappa shape index (κ2) is 5.51. The van der Waals surface area contributed by atoms with Gasteiger partial charge in [0.05, 0.1) is 18.8 Å². The summed E-state index contributed by atoms with van der Waals surface area (Å²) in [7, 11) is 0. The van der Waals surface area contributed by atoms with Gasteiger partial charge in [-0.05, 0) is 19.4 Å². The van der Waals surface area contributed by atoms with Crippen LogP contribution in [0, 0.1) is 0 Å². The Hall–Kier alpha value is -1.55. The zero-order valence-electron chi connectivity index (χ0n) is 9.56. The molecule has 0 radical (unpaired) electrons. The van der Waals surface area contributed by atoms with Crippen LogP contribution in [0.5, 0.6) is 0 Å². The van der Waals surface area contributed by atoms with Gasteiger partial charge in [0.1, 0.15) is 0 Å². The maximum atomic E-state index is 11.3. The van der Waals surface area contributed by atoms with Crippen molar-refractivity contribution in [2.24, 2.45) is 0 Å². The van der Waals surface area contributed by atoms with Gasteiger partial charge in [-0.1, -0.05) is 30.3 Å². The number of hydrogen-bond donors (Lipinski definition) is 2. The van der Waals surface area contributed by atoms with Crippen LogP contribution >= 0.6 is 0 Å². The molecule has 0 spiro atoms. The minimum atomic E-state index is -0.812. The van der Waals surface area contributed by atoms with Gasteiger partial charge in [0, 0.05) is 0 Å². The molecule has 1 aromatic carbocycles. The van der Waals surface area contributed by atoms with Crippen molar-refractivity contribution in [2.75, 3.05) is 13.2 Å². The van der Waals surface area contributed by atoms with Gasteiger partial charge in [-0.2, -0.15) is 0 Å². The number of aliphatic hydroxyl groups excluding tert-OH is 1. The number of hydrogen-bond acceptors (Lipinski definition) is 3. The fraction of sp³-hybridized carbons (Fsp3) is 0.417. The standard InChI is InChI=1S/C12H17NO3/c1-3-16-11(15)13-12(2,9-14)10-7-5-4-6-8-10/h4-8,14H,3,9H2,1-2H3,(H,13,15). The molecule has 0 aliphatic rings. The summed E-state index contributed by atoms with van der Waals surface area (Å²) < 4.78 is 4.80. The van der Waals surface area contributed by atoms with E-state index >= 15 is 0 Å². The topological polar surface area (TPSA) is 58.6 Å². The minimum absolute atomic E-state index is 0.185. The molecule has 4 nitrogen and oxygen atoms in total. The van der Waals surface area contributed by atoms with Crippen molar-refractivity contribution in [3.8, 4) is 0 Å². The van der Waals surface area contributed by atoms with E-state index in [1.54, 1.807) is 13.8 Å². The van der Waals surface area contributed by atoms with Gasteiger partial charge in [-0.15, -0.1) is 0 Å². The van der Waals surface area contributed by atoms with E-state index in [0.717, 1.165) is 5.56 Å². The molecule has 0 aliphatic heterocycles. The van der Waals surface area contributed by atoms with E-state index in [9.17, 15) is 9.90 Å². The molecule has 0 saturated heterocycles. The summed E-state index contributed by atoms with van der Waals surface area (Å²) in [5.41, 5.74) is 0.0265. The molecule has 4 heteroatoms. The summed E-state index contributed by atoms with van der Waals surface area (Å²) in [5, 5.41) is 12.0. The molecule has 88 valence electrons. The lowest BCUT2D eigenvalue weighted by atomic mass is 9.93. The zero-order valence-corrected chi connectivity index (χ0v) is 9.56. The fourth-order valence-corrected chi connectivity index (χ4v) is 1.40. The molecule has 0 heterocycles. The molecule has 0 fully saturated rings. The Kier molecular flexibility index (Phi) is 4.31. The average Bonchev–Trinajstić information content (AvgIpc) is 2.30. The second-order valence-electron chi connectivity index (χ2n) is 3.70. The van der Waals surface area contributed by atoms with Gasteiger partial charge in [0.15, 0.2) is 0 Å². The largest absolute Gasteiger partial charge is 0.450 e. The van der Waals surface area contributed by atoms with Crippen molar-refractivity contribution in [3.05, 3.63) is 35.9 Å². The average molecular weight is 223 g/mol. The number of carbonyl (C=O) groups is 1. The fourth-order valence-electron chi connectivity index (χ4n) is 1.40. The van der Waals surface area contributed by atoms with Crippen LogP contribution in [0.2, 0.25) is 0 Å². The van der Waals surface area contributed by atoms with Crippen LogP contribution in [0.1, 0.15) is 19.4 Å². The predicted octanol–water partition coefficient (Wildman–Crippen LogP) is 1.64. The molecule has 1 aromatic rings. The molecule has 1 rings (SSSR count). The Balaban J connectivity index is 2.82. The van der Waals surface area contributed by atoms with E-state index in [1.165, 1.54) is 0 Å². The van der Waals surface area contributed by atoms with E-state index in [-0.39, 0.29) is 6.61 Å². The third-order valence-electron chi connectivity index (χ3n) is 2.38. The van der Waals surface area contributed by atoms with Gasteiger partial charge >= 0.3 is 6.09 Å². The molecule has 0 aromatic heterocycles. The Morgan fingerprint density at radius 1 is 1.44 bits per heavy atom. The lowest BCUT2D eigenvalue weighted by molar-refractivity contribution is 0.120. The van der Waals surface area contributed by atoms with E-state index in [2.05, 4.69) is 5.32 Å². The Bertz CT molecular complexity index is 339. The molecular formula is C12H17NO3. The molecule has 2 N–H and O–H groups in total. The van der Waals surface area contributed by atoms with Gasteiger partial charge in [0.25, 0.3) is 0 Å². The highest BCUT2D eigenvalue weighted by Gasteiger charge is 2.28. The smallest absolute Gasteiger partial charge is 0.407 e. The van der Waals surface area contributed by atoms with Crippen LogP contribution in [-0.4, -0.2) is 24.4 Å². The van der Waals surface area contributed by atoms with E-state index in [1.807, 2.05) is 30.3 Å². The summed E-state index contributed by atoms with van der Waals surface area (Å²) in [6.07, 6.45) is -0.525. The molecular weight excluding hydrogens is 206 g/mol. The highest BCUT2D eigenvalue weighted by atomic mass is 16.5. The van der Waals surface area contributed by atoms with Crippen molar-refractivity contribution in [2.45, 2.75) is 19.4 Å². The summed E-state index contributed by atoms with van der Waals surface area (Å²) in [5.74, 6) is 0. The quantitative estimate of drug-likeness (QED) is 0.815. The number of rotatable bonds is 4. The first-order valence-electron chi connectivity index (χ1n) is 5.23. The summed E-state index contributed by atoms with van der Waals surface area (Å²) >= 11 is 0. The number of ether oxygens (including phenoxy) is 1. The van der Waals surface area contributed by atoms with Crippen LogP contribution < -0.4 is 5.32 Å². The van der Waals surface area contributed by atoms with Gasteiger partial charge in [0.2, 0.25) is 0 Å². The monoisotopic (exact) mass is 223 g/mol. The molecule has 1 unspecified atom stereocenters. The molecule has 0 aliphatic carbocycles. The van der Waals surface area contributed by atoms with Gasteiger partial charge < -0.3 is 15.2 Å². The number of aliphatic hydroxyl groups is 1. The van der Waals surface area contributed by atoms with Crippen molar-refractivity contribution in [1.29, 1.82) is 0 Å². The minimum Gasteiger partial charge on any atom is -0.450 e. The lowest BCUT2D eigenvalue weighted by Crippen LogP contribution is -2.46. The van der Waals surface area contributed by atoms with Gasteiger partial charge in [-0.3, -0.25) is 0 Å². The van der Waals surface area contributed by atoms with E-state index in [4.69, 9.17) is 4.74 Å². The van der Waals surface area contributed by atoms with E-state index < -0.39 is 11.6 Å². The molecule has 0 bridgehead atoms. The first kappa shape index (κ1) is 12.5.